The molecule has 0 bridgehead atoms. The summed E-state index contributed by atoms with van der Waals surface area (Å²) in [5.41, 5.74) is 1.22. The Hall–Kier alpha value is -1.55. The first-order valence-electron chi connectivity index (χ1n) is 6.18. The topological polar surface area (TPSA) is 9.23 Å². The van der Waals surface area contributed by atoms with Crippen LogP contribution in [0.2, 0.25) is 0 Å². The van der Waals surface area contributed by atoms with Crippen LogP contribution in [0.5, 0.6) is 5.75 Å². The molecule has 0 aromatic heterocycles. The molecule has 0 amide bonds. The van der Waals surface area contributed by atoms with Crippen molar-refractivity contribution in [3.8, 4) is 5.75 Å². The fourth-order valence-electron chi connectivity index (χ4n) is 2.09. The lowest BCUT2D eigenvalue weighted by molar-refractivity contribution is 0.309. The van der Waals surface area contributed by atoms with Gasteiger partial charge in [-0.15, -0.1) is 0 Å². The summed E-state index contributed by atoms with van der Waals surface area (Å²) in [5.74, 6) is 0.942. The Labute approximate surface area is 126 Å². The van der Waals surface area contributed by atoms with E-state index in [-0.39, 0.29) is 0 Å². The minimum absolute atomic E-state index is 0.604. The van der Waals surface area contributed by atoms with Crippen LogP contribution in [0.25, 0.3) is 10.8 Å². The summed E-state index contributed by atoms with van der Waals surface area (Å²) in [6.07, 6.45) is 0. The van der Waals surface area contributed by atoms with Crippen molar-refractivity contribution in [3.05, 3.63) is 75.9 Å². The normalized spacial score (nSPS) is 10.6. The van der Waals surface area contributed by atoms with Crippen molar-refractivity contribution in [2.75, 3.05) is 0 Å². The van der Waals surface area contributed by atoms with Crippen LogP contribution in [0.1, 0.15) is 5.56 Å². The average molecular weight is 360 g/mol. The highest BCUT2D eigenvalue weighted by molar-refractivity contribution is 14.1. The first kappa shape index (κ1) is 12.5. The summed E-state index contributed by atoms with van der Waals surface area (Å²) in [6.45, 7) is 0.604. The van der Waals surface area contributed by atoms with E-state index in [0.717, 1.165) is 11.1 Å². The quantitative estimate of drug-likeness (QED) is 0.596. The van der Waals surface area contributed by atoms with Gasteiger partial charge in [0.25, 0.3) is 0 Å². The highest BCUT2D eigenvalue weighted by atomic mass is 127. The molecule has 2 heteroatoms. The van der Waals surface area contributed by atoms with Gasteiger partial charge in [0, 0.05) is 14.5 Å². The lowest BCUT2D eigenvalue weighted by Gasteiger charge is -2.10. The van der Waals surface area contributed by atoms with Crippen LogP contribution in [0.3, 0.4) is 0 Å². The molecule has 0 saturated carbocycles. The smallest absolute Gasteiger partial charge is 0.127 e. The first-order valence-corrected chi connectivity index (χ1v) is 7.26. The molecular weight excluding hydrogens is 347 g/mol. The Morgan fingerprint density at radius 2 is 1.53 bits per heavy atom. The van der Waals surface area contributed by atoms with Crippen LogP contribution < -0.4 is 4.74 Å². The number of hydrogen-bond donors (Lipinski definition) is 0. The molecule has 94 valence electrons. The van der Waals surface area contributed by atoms with Gasteiger partial charge in [0.05, 0.1) is 0 Å². The number of ether oxygens (including phenoxy) is 1. The molecule has 0 radical (unpaired) electrons. The van der Waals surface area contributed by atoms with Gasteiger partial charge in [-0.3, -0.25) is 0 Å². The molecule has 0 unspecified atom stereocenters. The van der Waals surface area contributed by atoms with Gasteiger partial charge in [-0.2, -0.15) is 0 Å². The second-order valence-electron chi connectivity index (χ2n) is 4.36. The Balaban J connectivity index is 1.88. The molecule has 1 nitrogen and oxygen atoms in total. The van der Waals surface area contributed by atoms with E-state index in [2.05, 4.69) is 52.9 Å². The van der Waals surface area contributed by atoms with E-state index in [1.165, 1.54) is 14.5 Å². The highest BCUT2D eigenvalue weighted by Gasteiger charge is 2.03. The fourth-order valence-corrected chi connectivity index (χ4v) is 2.64. The number of hydrogen-bond acceptors (Lipinski definition) is 1. The summed E-state index contributed by atoms with van der Waals surface area (Å²) < 4.78 is 7.22. The van der Waals surface area contributed by atoms with Crippen LogP contribution in [0, 0.1) is 3.57 Å². The molecule has 0 heterocycles. The molecule has 0 spiro atoms. The third-order valence-corrected chi connectivity index (χ3v) is 4.14. The van der Waals surface area contributed by atoms with Crippen LogP contribution in [0.4, 0.5) is 0 Å². The zero-order chi connectivity index (χ0) is 13.1. The van der Waals surface area contributed by atoms with Crippen LogP contribution >= 0.6 is 22.6 Å². The van der Waals surface area contributed by atoms with Crippen LogP contribution in [-0.4, -0.2) is 0 Å². The Morgan fingerprint density at radius 3 is 2.42 bits per heavy atom. The van der Waals surface area contributed by atoms with Gasteiger partial charge in [0.15, 0.2) is 0 Å². The van der Waals surface area contributed by atoms with E-state index >= 15 is 0 Å². The molecule has 3 rings (SSSR count). The van der Waals surface area contributed by atoms with Crippen molar-refractivity contribution in [3.63, 3.8) is 0 Å². The zero-order valence-electron chi connectivity index (χ0n) is 10.3. The average Bonchev–Trinajstić information content (AvgIpc) is 2.46. The maximum atomic E-state index is 5.98. The molecule has 0 aliphatic heterocycles. The van der Waals surface area contributed by atoms with Crippen molar-refractivity contribution >= 4 is 33.4 Å². The summed E-state index contributed by atoms with van der Waals surface area (Å²) in [5, 5.41) is 2.37. The monoisotopic (exact) mass is 360 g/mol. The Kier molecular flexibility index (Phi) is 3.69. The molecular formula is C17H13IO. The molecule has 0 saturated heterocycles. The number of halogens is 1. The maximum absolute atomic E-state index is 5.98. The van der Waals surface area contributed by atoms with Crippen molar-refractivity contribution in [2.45, 2.75) is 6.61 Å². The molecule has 0 atom stereocenters. The van der Waals surface area contributed by atoms with Gasteiger partial charge in [-0.05, 0) is 40.1 Å². The first-order chi connectivity index (χ1) is 9.34. The molecule has 0 fully saturated rings. The van der Waals surface area contributed by atoms with E-state index in [4.69, 9.17) is 4.74 Å². The van der Waals surface area contributed by atoms with Crippen molar-refractivity contribution in [1.29, 1.82) is 0 Å². The standard InChI is InChI=1S/C17H13IO/c18-16-10-4-2-7-14(16)12-19-17-11-5-8-13-6-1-3-9-15(13)17/h1-11H,12H2. The Bertz CT molecular complexity index is 701. The van der Waals surface area contributed by atoms with Crippen molar-refractivity contribution < 1.29 is 4.74 Å². The van der Waals surface area contributed by atoms with E-state index in [9.17, 15) is 0 Å². The van der Waals surface area contributed by atoms with E-state index in [1.54, 1.807) is 0 Å². The van der Waals surface area contributed by atoms with E-state index in [1.807, 2.05) is 36.4 Å². The molecule has 3 aromatic rings. The second-order valence-corrected chi connectivity index (χ2v) is 5.52. The van der Waals surface area contributed by atoms with Gasteiger partial charge in [0.2, 0.25) is 0 Å². The van der Waals surface area contributed by atoms with Crippen molar-refractivity contribution in [2.24, 2.45) is 0 Å². The SMILES string of the molecule is Ic1ccccc1COc1cccc2ccccc12. The summed E-state index contributed by atoms with van der Waals surface area (Å²) in [7, 11) is 0. The molecule has 19 heavy (non-hydrogen) atoms. The summed E-state index contributed by atoms with van der Waals surface area (Å²) in [4.78, 5) is 0. The van der Waals surface area contributed by atoms with Crippen molar-refractivity contribution in [1.82, 2.24) is 0 Å². The third-order valence-electron chi connectivity index (χ3n) is 3.09. The highest BCUT2D eigenvalue weighted by Crippen LogP contribution is 2.26. The second kappa shape index (κ2) is 5.61. The fraction of sp³-hybridized carbons (Fsp3) is 0.0588. The summed E-state index contributed by atoms with van der Waals surface area (Å²) >= 11 is 2.34. The minimum Gasteiger partial charge on any atom is -0.488 e. The predicted molar refractivity (Wildman–Crippen MR) is 87.4 cm³/mol. The lowest BCUT2D eigenvalue weighted by Crippen LogP contribution is -1.97. The molecule has 0 N–H and O–H groups in total. The number of benzene rings is 3. The molecule has 0 aliphatic carbocycles. The van der Waals surface area contributed by atoms with Gasteiger partial charge in [-0.1, -0.05) is 54.6 Å². The van der Waals surface area contributed by atoms with Gasteiger partial charge in [-0.25, -0.2) is 0 Å². The number of fused-ring (bicyclic) bond motifs is 1. The van der Waals surface area contributed by atoms with Gasteiger partial charge >= 0.3 is 0 Å². The zero-order valence-corrected chi connectivity index (χ0v) is 12.5. The largest absolute Gasteiger partial charge is 0.488 e. The van der Waals surface area contributed by atoms with Gasteiger partial charge < -0.3 is 4.74 Å². The van der Waals surface area contributed by atoms with Gasteiger partial charge in [0.1, 0.15) is 12.4 Å². The summed E-state index contributed by atoms with van der Waals surface area (Å²) in [6, 6.07) is 22.8. The lowest BCUT2D eigenvalue weighted by atomic mass is 10.1. The molecule has 0 aliphatic rings. The minimum atomic E-state index is 0.604. The Morgan fingerprint density at radius 1 is 0.789 bits per heavy atom. The molecule has 3 aromatic carbocycles. The maximum Gasteiger partial charge on any atom is 0.127 e. The predicted octanol–water partition coefficient (Wildman–Crippen LogP) is 5.02. The number of rotatable bonds is 3. The third kappa shape index (κ3) is 2.73. The van der Waals surface area contributed by atoms with E-state index in [0.29, 0.717) is 6.61 Å². The van der Waals surface area contributed by atoms with Crippen LogP contribution in [-0.2, 0) is 6.61 Å². The van der Waals surface area contributed by atoms with Crippen LogP contribution in [0.15, 0.2) is 66.7 Å². The van der Waals surface area contributed by atoms with E-state index < -0.39 is 0 Å².